The van der Waals surface area contributed by atoms with Crippen molar-refractivity contribution >= 4 is 5.96 Å². The molecule has 0 fully saturated rings. The lowest BCUT2D eigenvalue weighted by atomic mass is 9.96. The number of hydrogen-bond acceptors (Lipinski definition) is 3. The number of rotatable bonds is 4. The molecule has 0 aromatic carbocycles. The van der Waals surface area contributed by atoms with Crippen molar-refractivity contribution in [1.82, 2.24) is 15.6 Å². The lowest BCUT2D eigenvalue weighted by molar-refractivity contribution is 0.501. The second-order valence-electron chi connectivity index (χ2n) is 5.47. The number of nitrogens with one attached hydrogen (secondary N) is 2. The summed E-state index contributed by atoms with van der Waals surface area (Å²) < 4.78 is 5.30. The molecule has 0 bridgehead atoms. The molecule has 0 spiro atoms. The topological polar surface area (TPSA) is 62.5 Å². The predicted octanol–water partition coefficient (Wildman–Crippen LogP) is 2.42. The lowest BCUT2D eigenvalue weighted by Gasteiger charge is -2.16. The van der Waals surface area contributed by atoms with Gasteiger partial charge in [-0.3, -0.25) is 9.98 Å². The van der Waals surface area contributed by atoms with Crippen molar-refractivity contribution in [3.63, 3.8) is 0 Å². The zero-order valence-corrected chi connectivity index (χ0v) is 12.9. The van der Waals surface area contributed by atoms with Crippen molar-refractivity contribution in [3.8, 4) is 0 Å². The molecule has 0 saturated carbocycles. The lowest BCUT2D eigenvalue weighted by Crippen LogP contribution is -2.36. The van der Waals surface area contributed by atoms with Crippen LogP contribution in [0.1, 0.15) is 35.6 Å². The first-order chi connectivity index (χ1) is 10.8. The van der Waals surface area contributed by atoms with Gasteiger partial charge in [-0.05, 0) is 49.4 Å². The predicted molar refractivity (Wildman–Crippen MR) is 86.6 cm³/mol. The minimum absolute atomic E-state index is 0.615. The Bertz CT molecular complexity index is 634. The third kappa shape index (κ3) is 3.67. The summed E-state index contributed by atoms with van der Waals surface area (Å²) in [5, 5.41) is 6.51. The van der Waals surface area contributed by atoms with Crippen LogP contribution in [0, 0.1) is 0 Å². The van der Waals surface area contributed by atoms with E-state index >= 15 is 0 Å². The third-order valence-electron chi connectivity index (χ3n) is 3.91. The Morgan fingerprint density at radius 3 is 2.86 bits per heavy atom. The first kappa shape index (κ1) is 14.6. The number of aryl methyl sites for hydroxylation is 2. The molecule has 22 heavy (non-hydrogen) atoms. The van der Waals surface area contributed by atoms with Crippen molar-refractivity contribution in [2.24, 2.45) is 4.99 Å². The fourth-order valence-corrected chi connectivity index (χ4v) is 2.70. The van der Waals surface area contributed by atoms with Crippen LogP contribution >= 0.6 is 0 Å². The highest BCUT2D eigenvalue weighted by atomic mass is 16.3. The summed E-state index contributed by atoms with van der Waals surface area (Å²) in [7, 11) is 1.76. The quantitative estimate of drug-likeness (QED) is 0.672. The average Bonchev–Trinajstić information content (AvgIpc) is 3.08. The van der Waals surface area contributed by atoms with Crippen molar-refractivity contribution < 1.29 is 4.42 Å². The van der Waals surface area contributed by atoms with Crippen LogP contribution in [0.15, 0.2) is 39.9 Å². The molecule has 3 rings (SSSR count). The average molecular weight is 298 g/mol. The summed E-state index contributed by atoms with van der Waals surface area (Å²) in [6.45, 7) is 1.29. The zero-order chi connectivity index (χ0) is 15.2. The van der Waals surface area contributed by atoms with Gasteiger partial charge in [-0.15, -0.1) is 0 Å². The molecule has 2 N–H and O–H groups in total. The normalized spacial score (nSPS) is 14.5. The minimum atomic E-state index is 0.615. The van der Waals surface area contributed by atoms with Crippen molar-refractivity contribution in [2.75, 3.05) is 7.05 Å². The number of nitrogens with zero attached hydrogens (tertiary/aromatic N) is 2. The molecular weight excluding hydrogens is 276 g/mol. The summed E-state index contributed by atoms with van der Waals surface area (Å²) in [4.78, 5) is 8.98. The number of fused-ring (bicyclic) bond motifs is 1. The highest BCUT2D eigenvalue weighted by Crippen LogP contribution is 2.19. The second kappa shape index (κ2) is 7.11. The van der Waals surface area contributed by atoms with E-state index in [0.717, 1.165) is 23.8 Å². The van der Waals surface area contributed by atoms with Gasteiger partial charge in [0.1, 0.15) is 5.76 Å². The van der Waals surface area contributed by atoms with Crippen LogP contribution < -0.4 is 10.6 Å². The molecule has 0 atom stereocenters. The largest absolute Gasteiger partial charge is 0.467 e. The number of aliphatic imine (C=N–C) groups is 1. The molecular formula is C17H22N4O. The molecule has 2 aromatic heterocycles. The zero-order valence-electron chi connectivity index (χ0n) is 12.9. The van der Waals surface area contributed by atoms with E-state index in [1.54, 1.807) is 13.3 Å². The molecule has 0 unspecified atom stereocenters. The molecule has 1 aliphatic rings. The van der Waals surface area contributed by atoms with Crippen LogP contribution in [0.5, 0.6) is 0 Å². The van der Waals surface area contributed by atoms with Crippen LogP contribution in [-0.2, 0) is 25.9 Å². The van der Waals surface area contributed by atoms with Crippen LogP contribution in [0.2, 0.25) is 0 Å². The van der Waals surface area contributed by atoms with Crippen LogP contribution in [-0.4, -0.2) is 18.0 Å². The van der Waals surface area contributed by atoms with E-state index in [9.17, 15) is 0 Å². The van der Waals surface area contributed by atoms with Gasteiger partial charge in [0.25, 0.3) is 0 Å². The van der Waals surface area contributed by atoms with Crippen LogP contribution in [0.25, 0.3) is 0 Å². The smallest absolute Gasteiger partial charge is 0.191 e. The molecule has 1 aliphatic carbocycles. The van der Waals surface area contributed by atoms with E-state index in [0.29, 0.717) is 13.1 Å². The Morgan fingerprint density at radius 1 is 1.18 bits per heavy atom. The maximum Gasteiger partial charge on any atom is 0.191 e. The van der Waals surface area contributed by atoms with Crippen molar-refractivity contribution in [3.05, 3.63) is 53.2 Å². The summed E-state index contributed by atoms with van der Waals surface area (Å²) in [5.74, 6) is 1.63. The minimum Gasteiger partial charge on any atom is -0.467 e. The molecule has 5 nitrogen and oxygen atoms in total. The standard InChI is InChI=1S/C17H22N4O/c1-18-17(20-12-15-6-4-10-22-15)19-11-14-9-8-13-5-2-3-7-16(13)21-14/h4,6,8-10H,2-3,5,7,11-12H2,1H3,(H2,18,19,20). The fraction of sp³-hybridized carbons (Fsp3) is 0.412. The Balaban J connectivity index is 1.54. The fourth-order valence-electron chi connectivity index (χ4n) is 2.70. The summed E-state index contributed by atoms with van der Waals surface area (Å²) in [6.07, 6.45) is 6.49. The molecule has 0 radical (unpaired) electrons. The number of guanidine groups is 1. The molecule has 0 amide bonds. The van der Waals surface area contributed by atoms with Gasteiger partial charge in [0, 0.05) is 12.7 Å². The number of hydrogen-bond donors (Lipinski definition) is 2. The molecule has 2 aromatic rings. The second-order valence-corrected chi connectivity index (χ2v) is 5.47. The summed E-state index contributed by atoms with van der Waals surface area (Å²) in [6, 6.07) is 8.14. The van der Waals surface area contributed by atoms with Crippen molar-refractivity contribution in [1.29, 1.82) is 0 Å². The molecule has 5 heteroatoms. The molecule has 0 saturated heterocycles. The van der Waals surface area contributed by atoms with Crippen LogP contribution in [0.4, 0.5) is 0 Å². The van der Waals surface area contributed by atoms with Gasteiger partial charge in [0.2, 0.25) is 0 Å². The van der Waals surface area contributed by atoms with Gasteiger partial charge in [-0.2, -0.15) is 0 Å². The summed E-state index contributed by atoms with van der Waals surface area (Å²) >= 11 is 0. The van der Waals surface area contributed by atoms with E-state index in [4.69, 9.17) is 9.40 Å². The highest BCUT2D eigenvalue weighted by molar-refractivity contribution is 5.79. The first-order valence-electron chi connectivity index (χ1n) is 7.80. The van der Waals surface area contributed by atoms with Crippen molar-refractivity contribution in [2.45, 2.75) is 38.8 Å². The van der Waals surface area contributed by atoms with Gasteiger partial charge < -0.3 is 15.1 Å². The van der Waals surface area contributed by atoms with E-state index < -0.39 is 0 Å². The Morgan fingerprint density at radius 2 is 2.05 bits per heavy atom. The number of furan rings is 1. The molecule has 0 aliphatic heterocycles. The molecule has 116 valence electrons. The first-order valence-corrected chi connectivity index (χ1v) is 7.80. The number of pyridine rings is 1. The number of aromatic nitrogens is 1. The van der Waals surface area contributed by atoms with Gasteiger partial charge in [0.15, 0.2) is 5.96 Å². The van der Waals surface area contributed by atoms with Gasteiger partial charge in [0.05, 0.1) is 25.0 Å². The monoisotopic (exact) mass is 298 g/mol. The molecule has 2 heterocycles. The van der Waals surface area contributed by atoms with Gasteiger partial charge in [-0.25, -0.2) is 0 Å². The van der Waals surface area contributed by atoms with E-state index in [-0.39, 0.29) is 0 Å². The third-order valence-corrected chi connectivity index (χ3v) is 3.91. The van der Waals surface area contributed by atoms with Gasteiger partial charge >= 0.3 is 0 Å². The Hall–Kier alpha value is -2.30. The van der Waals surface area contributed by atoms with E-state index in [1.165, 1.54) is 30.5 Å². The highest BCUT2D eigenvalue weighted by Gasteiger charge is 2.11. The summed E-state index contributed by atoms with van der Waals surface area (Å²) in [5.41, 5.74) is 3.74. The Labute approximate surface area is 130 Å². The maximum absolute atomic E-state index is 5.30. The maximum atomic E-state index is 5.30. The SMILES string of the molecule is CN=C(NCc1ccc2c(n1)CCCC2)NCc1ccco1. The van der Waals surface area contributed by atoms with Gasteiger partial charge in [-0.1, -0.05) is 6.07 Å². The van der Waals surface area contributed by atoms with Crippen LogP contribution in [0.3, 0.4) is 0 Å². The Kier molecular flexibility index (Phi) is 4.73. The van der Waals surface area contributed by atoms with E-state index in [1.807, 2.05) is 12.1 Å². The van der Waals surface area contributed by atoms with E-state index in [2.05, 4.69) is 27.8 Å².